The van der Waals surface area contributed by atoms with Gasteiger partial charge in [-0.1, -0.05) is 20.8 Å². The van der Waals surface area contributed by atoms with Crippen LogP contribution in [0, 0.1) is 5.41 Å². The molecule has 0 aromatic carbocycles. The lowest BCUT2D eigenvalue weighted by Gasteiger charge is -2.16. The number of halogens is 1. The van der Waals surface area contributed by atoms with Crippen LogP contribution in [-0.2, 0) is 13.0 Å². The summed E-state index contributed by atoms with van der Waals surface area (Å²) in [6.07, 6.45) is 0.857. The normalized spacial score (nSPS) is 12.1. The Morgan fingerprint density at radius 3 is 2.53 bits per heavy atom. The topological polar surface area (TPSA) is 64.1 Å². The molecule has 86 valence electrons. The smallest absolute Gasteiger partial charge is 0.136 e. The van der Waals surface area contributed by atoms with Gasteiger partial charge in [0.1, 0.15) is 5.82 Å². The lowest BCUT2D eigenvalue weighted by atomic mass is 9.91. The Bertz CT molecular complexity index is 341. The summed E-state index contributed by atoms with van der Waals surface area (Å²) in [5.41, 5.74) is 6.98. The lowest BCUT2D eigenvalue weighted by Crippen LogP contribution is -2.11. The molecule has 1 heterocycles. The number of nitrogen functional groups attached to an aromatic ring is 1. The van der Waals surface area contributed by atoms with E-state index < -0.39 is 0 Å². The molecule has 0 bridgehead atoms. The highest BCUT2D eigenvalue weighted by Crippen LogP contribution is 2.29. The maximum atomic E-state index is 8.85. The number of aromatic nitrogens is 2. The maximum Gasteiger partial charge on any atom is 0.136 e. The molecule has 15 heavy (non-hydrogen) atoms. The molecule has 3 N–H and O–H groups in total. The van der Waals surface area contributed by atoms with Gasteiger partial charge in [-0.15, -0.1) is 0 Å². The molecule has 4 nitrogen and oxygen atoms in total. The van der Waals surface area contributed by atoms with E-state index in [1.807, 2.05) is 0 Å². The first-order chi connectivity index (χ1) is 6.85. The Hall–Kier alpha value is -0.550. The standard InChI is InChI=1S/C10H18BrN3O/c1-10(2,3)6-7-8(11)9(12)14(13-7)4-5-15/h15H,4-6,12H2,1-3H3. The van der Waals surface area contributed by atoms with Crippen LogP contribution < -0.4 is 5.73 Å². The maximum absolute atomic E-state index is 8.85. The Morgan fingerprint density at radius 1 is 1.47 bits per heavy atom. The molecule has 0 saturated heterocycles. The van der Waals surface area contributed by atoms with Crippen LogP contribution in [0.3, 0.4) is 0 Å². The number of hydrogen-bond acceptors (Lipinski definition) is 3. The number of aliphatic hydroxyl groups excluding tert-OH is 1. The van der Waals surface area contributed by atoms with Crippen LogP contribution >= 0.6 is 15.9 Å². The molecule has 0 radical (unpaired) electrons. The van der Waals surface area contributed by atoms with Gasteiger partial charge in [0.25, 0.3) is 0 Å². The van der Waals surface area contributed by atoms with E-state index in [9.17, 15) is 0 Å². The first-order valence-electron chi connectivity index (χ1n) is 4.96. The van der Waals surface area contributed by atoms with E-state index in [1.54, 1.807) is 4.68 Å². The second kappa shape index (κ2) is 4.53. The highest BCUT2D eigenvalue weighted by molar-refractivity contribution is 9.10. The van der Waals surface area contributed by atoms with Crippen molar-refractivity contribution in [2.24, 2.45) is 5.41 Å². The van der Waals surface area contributed by atoms with Crippen molar-refractivity contribution in [3.63, 3.8) is 0 Å². The second-order valence-electron chi connectivity index (χ2n) is 4.83. The molecule has 1 aromatic rings. The van der Waals surface area contributed by atoms with Gasteiger partial charge in [0.2, 0.25) is 0 Å². The van der Waals surface area contributed by atoms with Crippen molar-refractivity contribution in [3.8, 4) is 0 Å². The van der Waals surface area contributed by atoms with Gasteiger partial charge in [0.15, 0.2) is 0 Å². The minimum atomic E-state index is 0.0489. The molecule has 0 unspecified atom stereocenters. The first kappa shape index (κ1) is 12.5. The first-order valence-corrected chi connectivity index (χ1v) is 5.76. The predicted octanol–water partition coefficient (Wildman–Crippen LogP) is 1.81. The molecule has 5 heteroatoms. The highest BCUT2D eigenvalue weighted by atomic mass is 79.9. The van der Waals surface area contributed by atoms with E-state index in [2.05, 4.69) is 41.8 Å². The van der Waals surface area contributed by atoms with Gasteiger partial charge >= 0.3 is 0 Å². The van der Waals surface area contributed by atoms with Gasteiger partial charge in [-0.2, -0.15) is 5.10 Å². The van der Waals surface area contributed by atoms with Gasteiger partial charge in [-0.3, -0.25) is 0 Å². The highest BCUT2D eigenvalue weighted by Gasteiger charge is 2.19. The van der Waals surface area contributed by atoms with Gasteiger partial charge in [-0.05, 0) is 27.8 Å². The molecule has 1 aromatic heterocycles. The zero-order valence-electron chi connectivity index (χ0n) is 9.42. The minimum absolute atomic E-state index is 0.0489. The molecule has 0 saturated carbocycles. The van der Waals surface area contributed by atoms with Crippen molar-refractivity contribution in [3.05, 3.63) is 10.2 Å². The van der Waals surface area contributed by atoms with Gasteiger partial charge < -0.3 is 10.8 Å². The van der Waals surface area contributed by atoms with Crippen molar-refractivity contribution in [2.45, 2.75) is 33.7 Å². The molecule has 0 fully saturated rings. The third kappa shape index (κ3) is 3.21. The summed E-state index contributed by atoms with van der Waals surface area (Å²) in [7, 11) is 0. The summed E-state index contributed by atoms with van der Waals surface area (Å²) in [6, 6.07) is 0. The van der Waals surface area contributed by atoms with E-state index >= 15 is 0 Å². The van der Waals surface area contributed by atoms with Crippen LogP contribution in [0.5, 0.6) is 0 Å². The van der Waals surface area contributed by atoms with Gasteiger partial charge in [-0.25, -0.2) is 4.68 Å². The summed E-state index contributed by atoms with van der Waals surface area (Å²) >= 11 is 3.43. The summed E-state index contributed by atoms with van der Waals surface area (Å²) in [4.78, 5) is 0. The largest absolute Gasteiger partial charge is 0.394 e. The summed E-state index contributed by atoms with van der Waals surface area (Å²) in [5, 5.41) is 13.2. The molecule has 0 spiro atoms. The molecular formula is C10H18BrN3O. The van der Waals surface area contributed by atoms with Crippen LogP contribution in [-0.4, -0.2) is 21.5 Å². The van der Waals surface area contributed by atoms with Crippen molar-refractivity contribution < 1.29 is 5.11 Å². The van der Waals surface area contributed by atoms with Crippen LogP contribution in [0.2, 0.25) is 0 Å². The fraction of sp³-hybridized carbons (Fsp3) is 0.700. The molecule has 0 amide bonds. The SMILES string of the molecule is CC(C)(C)Cc1nn(CCO)c(N)c1Br. The van der Waals surface area contributed by atoms with E-state index in [0.29, 0.717) is 12.4 Å². The molecule has 1 rings (SSSR count). The van der Waals surface area contributed by atoms with Crippen molar-refractivity contribution >= 4 is 21.7 Å². The fourth-order valence-electron chi connectivity index (χ4n) is 1.39. The summed E-state index contributed by atoms with van der Waals surface area (Å²) in [5.74, 6) is 0.586. The average molecular weight is 276 g/mol. The average Bonchev–Trinajstić information content (AvgIpc) is 2.32. The third-order valence-corrected chi connectivity index (χ3v) is 2.87. The molecule has 0 atom stereocenters. The molecule has 0 aliphatic carbocycles. The predicted molar refractivity (Wildman–Crippen MR) is 64.6 cm³/mol. The lowest BCUT2D eigenvalue weighted by molar-refractivity contribution is 0.269. The number of rotatable bonds is 3. The number of anilines is 1. The summed E-state index contributed by atoms with van der Waals surface area (Å²) in [6.45, 7) is 6.95. The van der Waals surface area contributed by atoms with E-state index in [-0.39, 0.29) is 12.0 Å². The Balaban J connectivity index is 2.95. The Kier molecular flexibility index (Phi) is 3.78. The molecule has 0 aliphatic rings. The molecular weight excluding hydrogens is 258 g/mol. The zero-order chi connectivity index (χ0) is 11.6. The van der Waals surface area contributed by atoms with Gasteiger partial charge in [0.05, 0.1) is 23.3 Å². The van der Waals surface area contributed by atoms with E-state index in [4.69, 9.17) is 10.8 Å². The van der Waals surface area contributed by atoms with Crippen LogP contribution in [0.15, 0.2) is 4.47 Å². The van der Waals surface area contributed by atoms with Crippen LogP contribution in [0.25, 0.3) is 0 Å². The number of nitrogens with zero attached hydrogens (tertiary/aromatic N) is 2. The van der Waals surface area contributed by atoms with E-state index in [1.165, 1.54) is 0 Å². The summed E-state index contributed by atoms with van der Waals surface area (Å²) < 4.78 is 2.48. The number of aliphatic hydroxyl groups is 1. The van der Waals surface area contributed by atoms with Gasteiger partial charge in [0, 0.05) is 0 Å². The Labute approximate surface area is 98.6 Å². The zero-order valence-corrected chi connectivity index (χ0v) is 11.0. The van der Waals surface area contributed by atoms with Crippen molar-refractivity contribution in [2.75, 3.05) is 12.3 Å². The van der Waals surface area contributed by atoms with Crippen molar-refractivity contribution in [1.82, 2.24) is 9.78 Å². The van der Waals surface area contributed by atoms with Crippen molar-refractivity contribution in [1.29, 1.82) is 0 Å². The minimum Gasteiger partial charge on any atom is -0.394 e. The fourth-order valence-corrected chi connectivity index (χ4v) is 1.81. The monoisotopic (exact) mass is 275 g/mol. The van der Waals surface area contributed by atoms with Crippen LogP contribution in [0.1, 0.15) is 26.5 Å². The van der Waals surface area contributed by atoms with E-state index in [0.717, 1.165) is 16.6 Å². The van der Waals surface area contributed by atoms with Crippen LogP contribution in [0.4, 0.5) is 5.82 Å². The molecule has 0 aliphatic heterocycles. The Morgan fingerprint density at radius 2 is 2.07 bits per heavy atom. The third-order valence-electron chi connectivity index (χ3n) is 2.01. The quantitative estimate of drug-likeness (QED) is 0.885. The number of hydrogen-bond donors (Lipinski definition) is 2. The number of nitrogens with two attached hydrogens (primary N) is 1. The second-order valence-corrected chi connectivity index (χ2v) is 5.62.